The molecule has 2 aromatic rings. The average molecular weight is 318 g/mol. The van der Waals surface area contributed by atoms with Crippen molar-refractivity contribution in [2.75, 3.05) is 0 Å². The van der Waals surface area contributed by atoms with Crippen LogP contribution in [-0.4, -0.2) is 17.4 Å². The molecule has 0 aliphatic carbocycles. The van der Waals surface area contributed by atoms with E-state index < -0.39 is 40.8 Å². The number of hydrogen-bond donors (Lipinski definition) is 1. The van der Waals surface area contributed by atoms with Gasteiger partial charge in [0.25, 0.3) is 0 Å². The van der Waals surface area contributed by atoms with Gasteiger partial charge < -0.3 is 9.84 Å². The predicted molar refractivity (Wildman–Crippen MR) is 65.4 cm³/mol. The second-order valence-corrected chi connectivity index (χ2v) is 4.16. The van der Waals surface area contributed by atoms with Crippen LogP contribution in [0.3, 0.4) is 0 Å². The third-order valence-electron chi connectivity index (χ3n) is 2.69. The number of alkyl halides is 3. The molecule has 3 nitrogen and oxygen atoms in total. The van der Waals surface area contributed by atoms with E-state index in [2.05, 4.69) is 4.74 Å². The van der Waals surface area contributed by atoms with Gasteiger partial charge in [-0.15, -0.1) is 13.2 Å². The van der Waals surface area contributed by atoms with Gasteiger partial charge in [0.2, 0.25) is 0 Å². The van der Waals surface area contributed by atoms with Crippen LogP contribution in [0.1, 0.15) is 10.4 Å². The van der Waals surface area contributed by atoms with E-state index in [1.54, 1.807) is 0 Å². The van der Waals surface area contributed by atoms with Crippen LogP contribution < -0.4 is 4.74 Å². The molecule has 2 aromatic carbocycles. The van der Waals surface area contributed by atoms with Crippen molar-refractivity contribution in [3.63, 3.8) is 0 Å². The Hall–Kier alpha value is -2.64. The van der Waals surface area contributed by atoms with E-state index in [0.29, 0.717) is 12.1 Å². The number of aromatic carboxylic acids is 1. The van der Waals surface area contributed by atoms with Gasteiger partial charge in [-0.2, -0.15) is 0 Å². The average Bonchev–Trinajstić information content (AvgIpc) is 2.40. The van der Waals surface area contributed by atoms with Crippen LogP contribution >= 0.6 is 0 Å². The van der Waals surface area contributed by atoms with E-state index >= 15 is 0 Å². The van der Waals surface area contributed by atoms with Crippen molar-refractivity contribution < 1.29 is 36.6 Å². The Labute approximate surface area is 120 Å². The molecular formula is C14H7F5O3. The van der Waals surface area contributed by atoms with Crippen molar-refractivity contribution in [2.24, 2.45) is 0 Å². The van der Waals surface area contributed by atoms with E-state index in [0.717, 1.165) is 12.1 Å². The maximum absolute atomic E-state index is 13.3. The molecule has 0 fully saturated rings. The lowest BCUT2D eigenvalue weighted by atomic mass is 9.98. The molecule has 116 valence electrons. The van der Waals surface area contributed by atoms with Crippen LogP contribution in [0.4, 0.5) is 22.0 Å². The highest BCUT2D eigenvalue weighted by molar-refractivity contribution is 5.97. The summed E-state index contributed by atoms with van der Waals surface area (Å²) < 4.78 is 67.4. The van der Waals surface area contributed by atoms with Crippen molar-refractivity contribution in [1.29, 1.82) is 0 Å². The number of para-hydroxylation sites is 1. The van der Waals surface area contributed by atoms with Gasteiger partial charge in [0.15, 0.2) is 11.6 Å². The number of carbonyl (C=O) groups is 1. The molecule has 0 saturated carbocycles. The summed E-state index contributed by atoms with van der Waals surface area (Å²) in [6.07, 6.45) is -5.02. The number of rotatable bonds is 3. The first-order valence-electron chi connectivity index (χ1n) is 5.76. The highest BCUT2D eigenvalue weighted by atomic mass is 19.4. The number of carboxylic acid groups (broad SMARTS) is 1. The van der Waals surface area contributed by atoms with Crippen LogP contribution in [-0.2, 0) is 0 Å². The van der Waals surface area contributed by atoms with Crippen molar-refractivity contribution >= 4 is 5.97 Å². The lowest BCUT2D eigenvalue weighted by Gasteiger charge is -2.14. The molecule has 0 amide bonds. The van der Waals surface area contributed by atoms with Gasteiger partial charge >= 0.3 is 12.3 Å². The molecule has 0 aromatic heterocycles. The Kier molecular flexibility index (Phi) is 4.03. The molecule has 0 aliphatic rings. The van der Waals surface area contributed by atoms with Gasteiger partial charge in [0, 0.05) is 11.1 Å². The predicted octanol–water partition coefficient (Wildman–Crippen LogP) is 4.23. The maximum atomic E-state index is 13.3. The molecule has 22 heavy (non-hydrogen) atoms. The molecule has 1 N–H and O–H groups in total. The quantitative estimate of drug-likeness (QED) is 0.862. The van der Waals surface area contributed by atoms with E-state index in [1.807, 2.05) is 0 Å². The molecule has 2 rings (SSSR count). The third kappa shape index (κ3) is 3.33. The SMILES string of the molecule is O=C(O)c1cc(F)c(F)cc1-c1ccccc1OC(F)(F)F. The summed E-state index contributed by atoms with van der Waals surface area (Å²) in [6.45, 7) is 0. The topological polar surface area (TPSA) is 46.5 Å². The van der Waals surface area contributed by atoms with Gasteiger partial charge in [-0.25, -0.2) is 13.6 Å². The lowest BCUT2D eigenvalue weighted by Crippen LogP contribution is -2.17. The first-order valence-corrected chi connectivity index (χ1v) is 5.76. The Morgan fingerprint density at radius 2 is 1.59 bits per heavy atom. The monoisotopic (exact) mass is 318 g/mol. The Morgan fingerprint density at radius 1 is 1.00 bits per heavy atom. The molecule has 0 atom stereocenters. The second-order valence-electron chi connectivity index (χ2n) is 4.16. The lowest BCUT2D eigenvalue weighted by molar-refractivity contribution is -0.274. The fraction of sp³-hybridized carbons (Fsp3) is 0.0714. The maximum Gasteiger partial charge on any atom is 0.573 e. The molecule has 8 heteroatoms. The normalized spacial score (nSPS) is 11.3. The van der Waals surface area contributed by atoms with E-state index in [-0.39, 0.29) is 5.56 Å². The molecule has 0 bridgehead atoms. The zero-order chi connectivity index (χ0) is 16.5. The third-order valence-corrected chi connectivity index (χ3v) is 2.69. The zero-order valence-corrected chi connectivity index (χ0v) is 10.6. The van der Waals surface area contributed by atoms with Gasteiger partial charge in [-0.3, -0.25) is 0 Å². The Balaban J connectivity index is 2.67. The minimum absolute atomic E-state index is 0.323. The minimum atomic E-state index is -5.02. The summed E-state index contributed by atoms with van der Waals surface area (Å²) in [5.74, 6) is -5.14. The zero-order valence-electron chi connectivity index (χ0n) is 10.6. The fourth-order valence-electron chi connectivity index (χ4n) is 1.85. The highest BCUT2D eigenvalue weighted by Gasteiger charge is 2.32. The molecule has 0 radical (unpaired) electrons. The number of carboxylic acids is 1. The van der Waals surface area contributed by atoms with Crippen molar-refractivity contribution in [3.8, 4) is 16.9 Å². The van der Waals surface area contributed by atoms with Gasteiger partial charge in [0.1, 0.15) is 5.75 Å². The molecule has 0 spiro atoms. The molecule has 0 aliphatic heterocycles. The van der Waals surface area contributed by atoms with Crippen molar-refractivity contribution in [3.05, 3.63) is 53.6 Å². The smallest absolute Gasteiger partial charge is 0.478 e. The first-order chi connectivity index (χ1) is 10.2. The summed E-state index contributed by atoms with van der Waals surface area (Å²) in [6, 6.07) is 5.50. The molecular weight excluding hydrogens is 311 g/mol. The summed E-state index contributed by atoms with van der Waals surface area (Å²) >= 11 is 0. The van der Waals surface area contributed by atoms with Crippen LogP contribution in [0.25, 0.3) is 11.1 Å². The molecule has 0 unspecified atom stereocenters. The standard InChI is InChI=1S/C14H7F5O3/c15-10-5-8(9(13(20)21)6-11(10)16)7-3-1-2-4-12(7)22-14(17,18)19/h1-6H,(H,20,21). The second kappa shape index (κ2) is 5.63. The van der Waals surface area contributed by atoms with Crippen LogP contribution in [0.2, 0.25) is 0 Å². The van der Waals surface area contributed by atoms with Crippen LogP contribution in [0.15, 0.2) is 36.4 Å². The largest absolute Gasteiger partial charge is 0.573 e. The first kappa shape index (κ1) is 15.7. The summed E-state index contributed by atoms with van der Waals surface area (Å²) in [5.41, 5.74) is -1.43. The summed E-state index contributed by atoms with van der Waals surface area (Å²) in [5, 5.41) is 9.01. The van der Waals surface area contributed by atoms with Crippen LogP contribution in [0.5, 0.6) is 5.75 Å². The van der Waals surface area contributed by atoms with E-state index in [1.165, 1.54) is 12.1 Å². The van der Waals surface area contributed by atoms with Gasteiger partial charge in [-0.1, -0.05) is 18.2 Å². The van der Waals surface area contributed by atoms with Gasteiger partial charge in [-0.05, 0) is 18.2 Å². The highest BCUT2D eigenvalue weighted by Crippen LogP contribution is 2.36. The Bertz CT molecular complexity index is 725. The number of ether oxygens (including phenoxy) is 1. The van der Waals surface area contributed by atoms with E-state index in [9.17, 15) is 26.7 Å². The number of halogens is 5. The fourth-order valence-corrected chi connectivity index (χ4v) is 1.85. The summed E-state index contributed by atoms with van der Waals surface area (Å²) in [4.78, 5) is 11.1. The molecule has 0 heterocycles. The van der Waals surface area contributed by atoms with Crippen molar-refractivity contribution in [2.45, 2.75) is 6.36 Å². The van der Waals surface area contributed by atoms with Crippen LogP contribution in [0, 0.1) is 11.6 Å². The number of hydrogen-bond acceptors (Lipinski definition) is 2. The van der Waals surface area contributed by atoms with Crippen molar-refractivity contribution in [1.82, 2.24) is 0 Å². The summed E-state index contributed by atoms with van der Waals surface area (Å²) in [7, 11) is 0. The Morgan fingerprint density at radius 3 is 2.18 bits per heavy atom. The van der Waals surface area contributed by atoms with Gasteiger partial charge in [0.05, 0.1) is 5.56 Å². The number of benzene rings is 2. The minimum Gasteiger partial charge on any atom is -0.478 e. The molecule has 0 saturated heterocycles. The van der Waals surface area contributed by atoms with E-state index in [4.69, 9.17) is 5.11 Å².